The SMILES string of the molecule is Cc1cc(C)c(C(O)CN2CCN(C)C(=O)C2=O)c(C)c1. The van der Waals surface area contributed by atoms with E-state index in [1.54, 1.807) is 7.05 Å². The van der Waals surface area contributed by atoms with E-state index in [-0.39, 0.29) is 6.54 Å². The van der Waals surface area contributed by atoms with Gasteiger partial charge in [0.1, 0.15) is 0 Å². The molecular formula is C16H22N2O3. The van der Waals surface area contributed by atoms with Crippen molar-refractivity contribution in [1.29, 1.82) is 0 Å². The molecule has 1 fully saturated rings. The van der Waals surface area contributed by atoms with Crippen molar-refractivity contribution in [2.24, 2.45) is 0 Å². The van der Waals surface area contributed by atoms with Gasteiger partial charge in [0, 0.05) is 20.1 Å². The summed E-state index contributed by atoms with van der Waals surface area (Å²) < 4.78 is 0. The molecule has 114 valence electrons. The number of aryl methyl sites for hydroxylation is 3. The average Bonchev–Trinajstić information content (AvgIpc) is 2.38. The van der Waals surface area contributed by atoms with Crippen LogP contribution in [0.3, 0.4) is 0 Å². The van der Waals surface area contributed by atoms with E-state index in [1.165, 1.54) is 9.80 Å². The number of β-amino-alcohol motifs (C(OH)–C–C–N with tert-alkyl or cyclic N) is 1. The number of benzene rings is 1. The van der Waals surface area contributed by atoms with Crippen molar-refractivity contribution in [3.63, 3.8) is 0 Å². The molecule has 0 saturated carbocycles. The number of aliphatic hydroxyl groups excluding tert-OH is 1. The molecule has 1 heterocycles. The molecule has 1 saturated heterocycles. The summed E-state index contributed by atoms with van der Waals surface area (Å²) in [6.07, 6.45) is -0.772. The van der Waals surface area contributed by atoms with Gasteiger partial charge in [-0.3, -0.25) is 9.59 Å². The van der Waals surface area contributed by atoms with Gasteiger partial charge in [0.2, 0.25) is 0 Å². The Morgan fingerprint density at radius 1 is 1.10 bits per heavy atom. The van der Waals surface area contributed by atoms with E-state index in [2.05, 4.69) is 0 Å². The summed E-state index contributed by atoms with van der Waals surface area (Å²) in [6.45, 7) is 7.04. The van der Waals surface area contributed by atoms with Gasteiger partial charge >= 0.3 is 11.8 Å². The minimum absolute atomic E-state index is 0.156. The molecule has 0 spiro atoms. The zero-order valence-corrected chi connectivity index (χ0v) is 13.0. The third-order valence-corrected chi connectivity index (χ3v) is 3.99. The Labute approximate surface area is 125 Å². The summed E-state index contributed by atoms with van der Waals surface area (Å²) >= 11 is 0. The lowest BCUT2D eigenvalue weighted by Gasteiger charge is -2.33. The van der Waals surface area contributed by atoms with Crippen LogP contribution >= 0.6 is 0 Å². The molecular weight excluding hydrogens is 268 g/mol. The van der Waals surface area contributed by atoms with Crippen LogP contribution in [0.25, 0.3) is 0 Å². The molecule has 1 N–H and O–H groups in total. The van der Waals surface area contributed by atoms with Gasteiger partial charge in [-0.05, 0) is 37.5 Å². The number of hydrogen-bond acceptors (Lipinski definition) is 3. The molecule has 0 bridgehead atoms. The number of rotatable bonds is 3. The van der Waals surface area contributed by atoms with Crippen LogP contribution in [0.15, 0.2) is 12.1 Å². The molecule has 0 radical (unpaired) electrons. The second-order valence-corrected chi connectivity index (χ2v) is 5.81. The second-order valence-electron chi connectivity index (χ2n) is 5.81. The highest BCUT2D eigenvalue weighted by atomic mass is 16.3. The second kappa shape index (κ2) is 5.85. The van der Waals surface area contributed by atoms with Crippen molar-refractivity contribution < 1.29 is 14.7 Å². The highest BCUT2D eigenvalue weighted by Crippen LogP contribution is 2.24. The first-order chi connectivity index (χ1) is 9.81. The molecule has 1 aromatic carbocycles. The minimum atomic E-state index is -0.772. The molecule has 0 aliphatic carbocycles. The van der Waals surface area contributed by atoms with Gasteiger partial charge < -0.3 is 14.9 Å². The maximum atomic E-state index is 12.0. The quantitative estimate of drug-likeness (QED) is 0.843. The normalized spacial score (nSPS) is 17.4. The maximum absolute atomic E-state index is 12.0. The van der Waals surface area contributed by atoms with Crippen molar-refractivity contribution >= 4 is 11.8 Å². The fourth-order valence-corrected chi connectivity index (χ4v) is 2.96. The first-order valence-electron chi connectivity index (χ1n) is 7.11. The fourth-order valence-electron chi connectivity index (χ4n) is 2.96. The molecule has 1 aromatic rings. The van der Waals surface area contributed by atoms with Gasteiger partial charge in [0.05, 0.1) is 12.6 Å². The van der Waals surface area contributed by atoms with Gasteiger partial charge in [-0.25, -0.2) is 0 Å². The number of nitrogens with zero attached hydrogens (tertiary/aromatic N) is 2. The van der Waals surface area contributed by atoms with Crippen molar-refractivity contribution in [3.8, 4) is 0 Å². The van der Waals surface area contributed by atoms with Gasteiger partial charge in [-0.2, -0.15) is 0 Å². The number of carbonyl (C=O) groups excluding carboxylic acids is 2. The molecule has 1 atom stereocenters. The molecule has 5 nitrogen and oxygen atoms in total. The predicted molar refractivity (Wildman–Crippen MR) is 79.8 cm³/mol. The van der Waals surface area contributed by atoms with Crippen LogP contribution in [0.2, 0.25) is 0 Å². The Kier molecular flexibility index (Phi) is 4.32. The van der Waals surface area contributed by atoms with E-state index in [4.69, 9.17) is 0 Å². The Hall–Kier alpha value is -1.88. The largest absolute Gasteiger partial charge is 0.387 e. The van der Waals surface area contributed by atoms with E-state index in [0.29, 0.717) is 13.1 Å². The van der Waals surface area contributed by atoms with E-state index in [9.17, 15) is 14.7 Å². The van der Waals surface area contributed by atoms with Crippen molar-refractivity contribution in [3.05, 3.63) is 34.4 Å². The zero-order chi connectivity index (χ0) is 15.7. The van der Waals surface area contributed by atoms with Crippen LogP contribution in [0, 0.1) is 20.8 Å². The summed E-state index contributed by atoms with van der Waals surface area (Å²) in [5, 5.41) is 10.5. The predicted octanol–water partition coefficient (Wildman–Crippen LogP) is 0.946. The van der Waals surface area contributed by atoms with E-state index in [1.807, 2.05) is 32.9 Å². The highest BCUT2D eigenvalue weighted by Gasteiger charge is 2.32. The molecule has 1 aliphatic rings. The number of hydrogen-bond donors (Lipinski definition) is 1. The van der Waals surface area contributed by atoms with Gasteiger partial charge in [-0.1, -0.05) is 17.7 Å². The Bertz CT molecular complexity index is 560. The minimum Gasteiger partial charge on any atom is -0.387 e. The molecule has 5 heteroatoms. The number of carbonyl (C=O) groups is 2. The maximum Gasteiger partial charge on any atom is 0.312 e. The Morgan fingerprint density at radius 2 is 1.67 bits per heavy atom. The van der Waals surface area contributed by atoms with E-state index in [0.717, 1.165) is 22.3 Å². The van der Waals surface area contributed by atoms with Gasteiger partial charge in [0.25, 0.3) is 0 Å². The Morgan fingerprint density at radius 3 is 2.24 bits per heavy atom. The lowest BCUT2D eigenvalue weighted by molar-refractivity contribution is -0.155. The smallest absolute Gasteiger partial charge is 0.312 e. The Balaban J connectivity index is 2.17. The zero-order valence-electron chi connectivity index (χ0n) is 13.0. The van der Waals surface area contributed by atoms with Crippen molar-refractivity contribution in [2.45, 2.75) is 26.9 Å². The molecule has 2 amide bonds. The number of amides is 2. The first kappa shape index (κ1) is 15.5. The molecule has 21 heavy (non-hydrogen) atoms. The third-order valence-electron chi connectivity index (χ3n) is 3.99. The lowest BCUT2D eigenvalue weighted by atomic mass is 9.95. The summed E-state index contributed by atoms with van der Waals surface area (Å²) in [7, 11) is 1.61. The topological polar surface area (TPSA) is 60.9 Å². The van der Waals surface area contributed by atoms with Crippen LogP contribution < -0.4 is 0 Å². The van der Waals surface area contributed by atoms with E-state index >= 15 is 0 Å². The standard InChI is InChI=1S/C16H22N2O3/c1-10-7-11(2)14(12(3)8-10)13(19)9-18-6-5-17(4)15(20)16(18)21/h7-8,13,19H,5-6,9H2,1-4H3. The molecule has 0 aromatic heterocycles. The van der Waals surface area contributed by atoms with Crippen LogP contribution in [0.4, 0.5) is 0 Å². The van der Waals surface area contributed by atoms with Crippen molar-refractivity contribution in [2.75, 3.05) is 26.7 Å². The lowest BCUT2D eigenvalue weighted by Crippen LogP contribution is -2.53. The first-order valence-corrected chi connectivity index (χ1v) is 7.11. The van der Waals surface area contributed by atoms with Gasteiger partial charge in [0.15, 0.2) is 0 Å². The van der Waals surface area contributed by atoms with Crippen LogP contribution in [0.5, 0.6) is 0 Å². The van der Waals surface area contributed by atoms with Crippen LogP contribution in [0.1, 0.15) is 28.4 Å². The monoisotopic (exact) mass is 290 g/mol. The summed E-state index contributed by atoms with van der Waals surface area (Å²) in [5.74, 6) is -1.05. The average molecular weight is 290 g/mol. The van der Waals surface area contributed by atoms with Gasteiger partial charge in [-0.15, -0.1) is 0 Å². The van der Waals surface area contributed by atoms with E-state index < -0.39 is 17.9 Å². The van der Waals surface area contributed by atoms with Crippen LogP contribution in [-0.4, -0.2) is 53.4 Å². The van der Waals surface area contributed by atoms with Crippen molar-refractivity contribution in [1.82, 2.24) is 9.80 Å². The van der Waals surface area contributed by atoms with Crippen LogP contribution in [-0.2, 0) is 9.59 Å². The summed E-state index contributed by atoms with van der Waals surface area (Å²) in [5.41, 5.74) is 4.01. The third kappa shape index (κ3) is 3.08. The summed E-state index contributed by atoms with van der Waals surface area (Å²) in [4.78, 5) is 26.5. The highest BCUT2D eigenvalue weighted by molar-refractivity contribution is 6.35. The summed E-state index contributed by atoms with van der Waals surface area (Å²) in [6, 6.07) is 4.03. The number of likely N-dealkylation sites (N-methyl/N-ethyl adjacent to an activating group) is 1. The number of piperazine rings is 1. The molecule has 1 unspecified atom stereocenters. The molecule has 2 rings (SSSR count). The number of aliphatic hydroxyl groups is 1. The fraction of sp³-hybridized carbons (Fsp3) is 0.500. The molecule has 1 aliphatic heterocycles.